The molecule has 1 aromatic rings. The number of aromatic nitrogens is 1. The monoisotopic (exact) mass is 380 g/mol. The molecule has 27 heavy (non-hydrogen) atoms. The zero-order chi connectivity index (χ0) is 20.2. The van der Waals surface area contributed by atoms with Crippen LogP contribution in [0.4, 0.5) is 0 Å². The normalized spacial score (nSPS) is 19.1. The molecule has 1 aliphatic rings. The summed E-state index contributed by atoms with van der Waals surface area (Å²) in [5, 5.41) is 9.84. The van der Waals surface area contributed by atoms with Gasteiger partial charge in [-0.15, -0.1) is 0 Å². The van der Waals surface area contributed by atoms with E-state index in [4.69, 9.17) is 20.4 Å². The lowest BCUT2D eigenvalue weighted by Gasteiger charge is -2.23. The zero-order valence-electron chi connectivity index (χ0n) is 15.8. The van der Waals surface area contributed by atoms with E-state index >= 15 is 0 Å². The molecule has 1 fully saturated rings. The summed E-state index contributed by atoms with van der Waals surface area (Å²) in [6, 6.07) is 3.71. The summed E-state index contributed by atoms with van der Waals surface area (Å²) >= 11 is 0. The van der Waals surface area contributed by atoms with Crippen molar-refractivity contribution in [2.24, 2.45) is 11.7 Å². The molecule has 2 amide bonds. The van der Waals surface area contributed by atoms with E-state index in [0.29, 0.717) is 38.4 Å². The highest BCUT2D eigenvalue weighted by Crippen LogP contribution is 2.17. The minimum Gasteiger partial charge on any atom is -0.483 e. The van der Waals surface area contributed by atoms with Gasteiger partial charge in [-0.3, -0.25) is 14.4 Å². The molecule has 1 aromatic heterocycles. The Morgan fingerprint density at radius 3 is 2.78 bits per heavy atom. The third-order valence-electron chi connectivity index (χ3n) is 4.33. The molecule has 0 unspecified atom stereocenters. The number of amides is 2. The van der Waals surface area contributed by atoms with Crippen LogP contribution in [0.5, 0.6) is 5.88 Å². The Labute approximate surface area is 158 Å². The molecule has 0 saturated carbocycles. The molecule has 2 rings (SSSR count). The van der Waals surface area contributed by atoms with Gasteiger partial charge in [0.1, 0.15) is 0 Å². The quantitative estimate of drug-likeness (QED) is 0.614. The van der Waals surface area contributed by atoms with E-state index in [0.717, 1.165) is 12.0 Å². The van der Waals surface area contributed by atoms with Gasteiger partial charge in [0.05, 0.1) is 13.0 Å². The second-order valence-electron chi connectivity index (χ2n) is 6.28. The van der Waals surface area contributed by atoms with Crippen LogP contribution < -0.4 is 15.8 Å². The fraction of sp³-hybridized carbons (Fsp3) is 0.556. The van der Waals surface area contributed by atoms with Gasteiger partial charge in [0, 0.05) is 44.4 Å². The van der Waals surface area contributed by atoms with Gasteiger partial charge in [-0.2, -0.15) is 0 Å². The van der Waals surface area contributed by atoms with Gasteiger partial charge in [-0.05, 0) is 25.3 Å². The Kier molecular flexibility index (Phi) is 9.81. The van der Waals surface area contributed by atoms with E-state index in [2.05, 4.69) is 10.3 Å². The molecular formula is C18H28N4O5. The number of methoxy groups -OCH3 is 1. The number of likely N-dealkylation sites (tertiary alicyclic amines) is 1. The van der Waals surface area contributed by atoms with E-state index < -0.39 is 0 Å². The van der Waals surface area contributed by atoms with Crippen molar-refractivity contribution in [3.63, 3.8) is 0 Å². The van der Waals surface area contributed by atoms with E-state index in [9.17, 15) is 9.59 Å². The molecule has 0 bridgehead atoms. The number of nitrogens with zero attached hydrogens (tertiary/aromatic N) is 2. The van der Waals surface area contributed by atoms with Crippen LogP contribution in [0.1, 0.15) is 25.3 Å². The van der Waals surface area contributed by atoms with Crippen LogP contribution in [0.25, 0.3) is 0 Å². The van der Waals surface area contributed by atoms with Crippen LogP contribution in [0.3, 0.4) is 0 Å². The van der Waals surface area contributed by atoms with Gasteiger partial charge < -0.3 is 25.8 Å². The lowest BCUT2D eigenvalue weighted by atomic mass is 10.0. The lowest BCUT2D eigenvalue weighted by Crippen LogP contribution is -2.42. The number of carboxylic acid groups (broad SMARTS) is 1. The standard InChI is InChI=1S/C17H26N4O3.CH2O2/c1-12(22)21-10-14(5-6-15(18)11-21)16(23)19-9-7-13-4-3-8-20-17(13)24-2;2-1-3/h3-4,8,14-15H,5-7,9-11,18H2,1-2H3,(H,19,23);1H,(H,2,3)/t14-,15+;/m1./s1. The van der Waals surface area contributed by atoms with E-state index in [1.807, 2.05) is 12.1 Å². The van der Waals surface area contributed by atoms with E-state index in [1.165, 1.54) is 6.92 Å². The van der Waals surface area contributed by atoms with Crippen LogP contribution in [-0.4, -0.2) is 66.1 Å². The first-order valence-electron chi connectivity index (χ1n) is 8.77. The number of hydrogen-bond donors (Lipinski definition) is 3. The number of ether oxygens (including phenoxy) is 1. The SMILES string of the molecule is COc1ncccc1CCNC(=O)[C@@H]1CC[C@H](N)CN(C(C)=O)C1.O=CO. The number of rotatable bonds is 5. The number of pyridine rings is 1. The molecule has 9 nitrogen and oxygen atoms in total. The smallest absolute Gasteiger partial charge is 0.290 e. The van der Waals surface area contributed by atoms with E-state index in [-0.39, 0.29) is 30.2 Å². The van der Waals surface area contributed by atoms with Crippen LogP contribution in [0.2, 0.25) is 0 Å². The highest BCUT2D eigenvalue weighted by atomic mass is 16.5. The number of carbonyl (C=O) groups excluding carboxylic acids is 2. The summed E-state index contributed by atoms with van der Waals surface area (Å²) in [5.41, 5.74) is 6.94. The molecular weight excluding hydrogens is 352 g/mol. The minimum atomic E-state index is -0.250. The zero-order valence-corrected chi connectivity index (χ0v) is 15.8. The minimum absolute atomic E-state index is 0.0294. The summed E-state index contributed by atoms with van der Waals surface area (Å²) in [4.78, 5) is 38.3. The van der Waals surface area contributed by atoms with Crippen LogP contribution >= 0.6 is 0 Å². The number of carbonyl (C=O) groups is 3. The molecule has 2 heterocycles. The fourth-order valence-corrected chi connectivity index (χ4v) is 2.96. The fourth-order valence-electron chi connectivity index (χ4n) is 2.96. The van der Waals surface area contributed by atoms with Crippen molar-refractivity contribution in [3.8, 4) is 5.88 Å². The molecule has 9 heteroatoms. The van der Waals surface area contributed by atoms with Crippen LogP contribution in [-0.2, 0) is 20.8 Å². The molecule has 4 N–H and O–H groups in total. The third-order valence-corrected chi connectivity index (χ3v) is 4.33. The van der Waals surface area contributed by atoms with Gasteiger partial charge in [-0.1, -0.05) is 6.07 Å². The van der Waals surface area contributed by atoms with Gasteiger partial charge in [0.25, 0.3) is 6.47 Å². The molecule has 150 valence electrons. The Morgan fingerprint density at radius 1 is 1.44 bits per heavy atom. The molecule has 1 saturated heterocycles. The molecule has 0 aliphatic carbocycles. The summed E-state index contributed by atoms with van der Waals surface area (Å²) in [6.45, 7) is 2.72. The van der Waals surface area contributed by atoms with Crippen molar-refractivity contribution in [1.82, 2.24) is 15.2 Å². The highest BCUT2D eigenvalue weighted by Gasteiger charge is 2.28. The summed E-state index contributed by atoms with van der Waals surface area (Å²) in [6.07, 6.45) is 3.77. The lowest BCUT2D eigenvalue weighted by molar-refractivity contribution is -0.131. The maximum atomic E-state index is 12.4. The van der Waals surface area contributed by atoms with Gasteiger partial charge in [0.15, 0.2) is 0 Å². The number of nitrogens with one attached hydrogen (secondary N) is 1. The van der Waals surface area contributed by atoms with Crippen LogP contribution in [0.15, 0.2) is 18.3 Å². The maximum Gasteiger partial charge on any atom is 0.290 e. The Bertz CT molecular complexity index is 626. The molecule has 0 spiro atoms. The molecule has 2 atom stereocenters. The van der Waals surface area contributed by atoms with Crippen molar-refractivity contribution >= 4 is 18.3 Å². The highest BCUT2D eigenvalue weighted by molar-refractivity contribution is 5.80. The topological polar surface area (TPSA) is 135 Å². The average Bonchev–Trinajstić information content (AvgIpc) is 2.85. The number of hydrogen-bond acceptors (Lipinski definition) is 6. The molecule has 1 aliphatic heterocycles. The van der Waals surface area contributed by atoms with Gasteiger partial charge in [0.2, 0.25) is 17.7 Å². The Morgan fingerprint density at radius 2 is 2.15 bits per heavy atom. The van der Waals surface area contributed by atoms with Gasteiger partial charge >= 0.3 is 0 Å². The first-order chi connectivity index (χ1) is 12.9. The third kappa shape index (κ3) is 7.61. The van der Waals surface area contributed by atoms with Crippen molar-refractivity contribution in [2.75, 3.05) is 26.7 Å². The van der Waals surface area contributed by atoms with Crippen molar-refractivity contribution in [1.29, 1.82) is 0 Å². The van der Waals surface area contributed by atoms with Gasteiger partial charge in [-0.25, -0.2) is 4.98 Å². The van der Waals surface area contributed by atoms with Crippen LogP contribution in [0, 0.1) is 5.92 Å². The number of nitrogens with two attached hydrogens (primary N) is 1. The predicted octanol–water partition coefficient (Wildman–Crippen LogP) is 0.0355. The molecule has 0 aromatic carbocycles. The first-order valence-corrected chi connectivity index (χ1v) is 8.77. The second kappa shape index (κ2) is 11.8. The van der Waals surface area contributed by atoms with Crippen molar-refractivity contribution in [2.45, 2.75) is 32.2 Å². The first kappa shape index (κ1) is 22.4. The van der Waals surface area contributed by atoms with Crippen molar-refractivity contribution in [3.05, 3.63) is 23.9 Å². The summed E-state index contributed by atoms with van der Waals surface area (Å²) in [5.74, 6) is 0.302. The summed E-state index contributed by atoms with van der Waals surface area (Å²) < 4.78 is 5.21. The Hall–Kier alpha value is -2.68. The maximum absolute atomic E-state index is 12.4. The predicted molar refractivity (Wildman–Crippen MR) is 99.1 cm³/mol. The Balaban J connectivity index is 0.00000114. The van der Waals surface area contributed by atoms with Crippen molar-refractivity contribution < 1.29 is 24.2 Å². The molecule has 0 radical (unpaired) electrons. The summed E-state index contributed by atoms with van der Waals surface area (Å²) in [7, 11) is 1.58. The second-order valence-corrected chi connectivity index (χ2v) is 6.28. The largest absolute Gasteiger partial charge is 0.483 e. The average molecular weight is 380 g/mol. The van der Waals surface area contributed by atoms with E-state index in [1.54, 1.807) is 18.2 Å².